The smallest absolute Gasteiger partial charge is 0.306 e. The first-order valence-electron chi connectivity index (χ1n) is 10.0. The number of carboxylic acids is 1. The molecule has 4 rings (SSSR count). The van der Waals surface area contributed by atoms with E-state index in [4.69, 9.17) is 0 Å². The fourth-order valence-electron chi connectivity index (χ4n) is 7.19. The molecule has 0 amide bonds. The number of hydrogen-bond acceptors (Lipinski definition) is 3. The minimum Gasteiger partial charge on any atom is -0.481 e. The normalized spacial score (nSPS) is 48.2. The Kier molecular flexibility index (Phi) is 4.00. The second-order valence-corrected chi connectivity index (χ2v) is 9.53. The molecule has 0 saturated heterocycles. The molecule has 3 fully saturated rings. The Morgan fingerprint density at radius 2 is 1.96 bits per heavy atom. The van der Waals surface area contributed by atoms with E-state index in [0.29, 0.717) is 24.2 Å². The van der Waals surface area contributed by atoms with Crippen LogP contribution < -0.4 is 0 Å². The van der Waals surface area contributed by atoms with Gasteiger partial charge in [0.15, 0.2) is 5.78 Å². The average Bonchev–Trinajstić information content (AvgIpc) is 2.94. The summed E-state index contributed by atoms with van der Waals surface area (Å²) in [6.07, 6.45) is 9.68. The number of aliphatic carboxylic acids is 1. The molecule has 0 unspecified atom stereocenters. The lowest BCUT2D eigenvalue weighted by Crippen LogP contribution is -2.56. The molecule has 2 N–H and O–H groups in total. The molecule has 0 radical (unpaired) electrons. The van der Waals surface area contributed by atoms with E-state index in [0.717, 1.165) is 25.7 Å². The number of carbonyl (C=O) groups excluding carboxylic acids is 1. The van der Waals surface area contributed by atoms with Gasteiger partial charge in [0, 0.05) is 10.8 Å². The molecule has 4 aliphatic rings. The summed E-state index contributed by atoms with van der Waals surface area (Å²) in [5.74, 6) is 0.141. The van der Waals surface area contributed by atoms with Crippen molar-refractivity contribution in [2.75, 3.05) is 0 Å². The van der Waals surface area contributed by atoms with Crippen LogP contribution in [0, 0.1) is 40.4 Å². The van der Waals surface area contributed by atoms with E-state index >= 15 is 0 Å². The zero-order valence-electron chi connectivity index (χ0n) is 15.9. The van der Waals surface area contributed by atoms with Gasteiger partial charge in [0.1, 0.15) is 0 Å². The molecule has 8 atom stereocenters. The highest BCUT2D eigenvalue weighted by Crippen LogP contribution is 2.66. The molecule has 0 spiro atoms. The number of allylic oxidation sites excluding steroid dienone is 4. The number of aliphatic hydroxyl groups excluding tert-OH is 1. The molecule has 4 aliphatic carbocycles. The molecule has 0 aromatic carbocycles. The third-order valence-corrected chi connectivity index (χ3v) is 8.73. The standard InChI is InChI=1S/C22H30O4/c1-12(20(25)26)16-6-7-17-15-5-4-13-10-14(23)8-9-21(13,2)18(15)11-19(24)22(16,17)3/h8-10,12,15-19,24H,4-7,11H2,1-3H3,(H,25,26)/t12-,15-,16+,17-,18+,19+,21-,22+/m0/s1. The van der Waals surface area contributed by atoms with Crippen LogP contribution in [0.15, 0.2) is 23.8 Å². The predicted molar refractivity (Wildman–Crippen MR) is 98.3 cm³/mol. The van der Waals surface area contributed by atoms with E-state index in [2.05, 4.69) is 19.9 Å². The molecule has 26 heavy (non-hydrogen) atoms. The van der Waals surface area contributed by atoms with Gasteiger partial charge < -0.3 is 10.2 Å². The number of hydrogen-bond donors (Lipinski definition) is 2. The summed E-state index contributed by atoms with van der Waals surface area (Å²) in [5.41, 5.74) is 0.760. The van der Waals surface area contributed by atoms with Crippen LogP contribution in [-0.4, -0.2) is 28.1 Å². The van der Waals surface area contributed by atoms with Gasteiger partial charge in [-0.2, -0.15) is 0 Å². The van der Waals surface area contributed by atoms with E-state index in [1.807, 2.05) is 0 Å². The largest absolute Gasteiger partial charge is 0.481 e. The summed E-state index contributed by atoms with van der Waals surface area (Å²) in [6.45, 7) is 6.17. The Hall–Kier alpha value is -1.42. The van der Waals surface area contributed by atoms with Crippen molar-refractivity contribution >= 4 is 11.8 Å². The van der Waals surface area contributed by atoms with Gasteiger partial charge in [-0.05, 0) is 67.9 Å². The Balaban J connectivity index is 1.70. The Labute approximate surface area is 155 Å². The first-order valence-corrected chi connectivity index (χ1v) is 10.0. The topological polar surface area (TPSA) is 74.6 Å². The van der Waals surface area contributed by atoms with Crippen molar-refractivity contribution in [3.05, 3.63) is 23.8 Å². The number of rotatable bonds is 2. The van der Waals surface area contributed by atoms with Crippen LogP contribution in [0.2, 0.25) is 0 Å². The quantitative estimate of drug-likeness (QED) is 0.791. The van der Waals surface area contributed by atoms with Crippen molar-refractivity contribution in [3.63, 3.8) is 0 Å². The molecule has 3 saturated carbocycles. The second kappa shape index (κ2) is 5.79. The van der Waals surface area contributed by atoms with Crippen LogP contribution in [0.25, 0.3) is 0 Å². The number of carbonyl (C=O) groups is 2. The van der Waals surface area contributed by atoms with Gasteiger partial charge in [0.25, 0.3) is 0 Å². The molecule has 0 heterocycles. The SMILES string of the molecule is C[C@H](C(=O)O)[C@H]1CC[C@H]2[C@@H]3CCC4=CC(=O)C=C[C@]4(C)[C@@H]3C[C@@H](O)[C@]12C. The molecule has 0 aromatic heterocycles. The monoisotopic (exact) mass is 358 g/mol. The van der Waals surface area contributed by atoms with E-state index < -0.39 is 18.0 Å². The van der Waals surface area contributed by atoms with Crippen molar-refractivity contribution < 1.29 is 19.8 Å². The van der Waals surface area contributed by atoms with Gasteiger partial charge in [-0.15, -0.1) is 0 Å². The summed E-state index contributed by atoms with van der Waals surface area (Å²) < 4.78 is 0. The van der Waals surface area contributed by atoms with Crippen molar-refractivity contribution in [1.82, 2.24) is 0 Å². The lowest BCUT2D eigenvalue weighted by molar-refractivity contribution is -0.155. The van der Waals surface area contributed by atoms with Crippen LogP contribution >= 0.6 is 0 Å². The van der Waals surface area contributed by atoms with Gasteiger partial charge in [-0.3, -0.25) is 9.59 Å². The number of ketones is 1. The minimum absolute atomic E-state index is 0.0363. The minimum atomic E-state index is -0.749. The van der Waals surface area contributed by atoms with Crippen molar-refractivity contribution in [2.45, 2.75) is 59.0 Å². The number of fused-ring (bicyclic) bond motifs is 5. The molecule has 0 aliphatic heterocycles. The third kappa shape index (κ3) is 2.24. The molecule has 4 heteroatoms. The number of aliphatic hydroxyl groups is 1. The van der Waals surface area contributed by atoms with E-state index in [1.54, 1.807) is 19.1 Å². The summed E-state index contributed by atoms with van der Waals surface area (Å²) >= 11 is 0. The van der Waals surface area contributed by atoms with Gasteiger partial charge in [0.05, 0.1) is 12.0 Å². The first kappa shape index (κ1) is 18.0. The summed E-state index contributed by atoms with van der Waals surface area (Å²) in [5, 5.41) is 20.8. The average molecular weight is 358 g/mol. The van der Waals surface area contributed by atoms with Crippen molar-refractivity contribution in [2.24, 2.45) is 40.4 Å². The van der Waals surface area contributed by atoms with Gasteiger partial charge in [0.2, 0.25) is 0 Å². The highest BCUT2D eigenvalue weighted by Gasteiger charge is 2.63. The van der Waals surface area contributed by atoms with Crippen LogP contribution in [0.1, 0.15) is 52.9 Å². The Morgan fingerprint density at radius 3 is 2.65 bits per heavy atom. The summed E-state index contributed by atoms with van der Waals surface area (Å²) in [6, 6.07) is 0. The van der Waals surface area contributed by atoms with Crippen molar-refractivity contribution in [1.29, 1.82) is 0 Å². The maximum absolute atomic E-state index is 11.8. The predicted octanol–water partition coefficient (Wildman–Crippen LogP) is 3.60. The maximum atomic E-state index is 11.8. The van der Waals surface area contributed by atoms with Crippen LogP contribution in [0.4, 0.5) is 0 Å². The molecular weight excluding hydrogens is 328 g/mol. The summed E-state index contributed by atoms with van der Waals surface area (Å²) in [7, 11) is 0. The van der Waals surface area contributed by atoms with Crippen LogP contribution in [0.5, 0.6) is 0 Å². The molecule has 0 bridgehead atoms. The zero-order chi connectivity index (χ0) is 18.9. The van der Waals surface area contributed by atoms with E-state index in [1.165, 1.54) is 5.57 Å². The summed E-state index contributed by atoms with van der Waals surface area (Å²) in [4.78, 5) is 23.5. The van der Waals surface area contributed by atoms with Gasteiger partial charge in [-0.1, -0.05) is 32.4 Å². The lowest BCUT2D eigenvalue weighted by Gasteiger charge is -2.59. The Morgan fingerprint density at radius 1 is 1.23 bits per heavy atom. The number of carboxylic acid groups (broad SMARTS) is 1. The Bertz CT molecular complexity index is 707. The van der Waals surface area contributed by atoms with Crippen LogP contribution in [-0.2, 0) is 9.59 Å². The van der Waals surface area contributed by atoms with E-state index in [9.17, 15) is 19.8 Å². The first-order chi connectivity index (χ1) is 12.2. The molecule has 142 valence electrons. The van der Waals surface area contributed by atoms with Gasteiger partial charge >= 0.3 is 5.97 Å². The molecular formula is C22H30O4. The fourth-order valence-corrected chi connectivity index (χ4v) is 7.19. The molecule has 4 nitrogen and oxygen atoms in total. The van der Waals surface area contributed by atoms with Crippen molar-refractivity contribution in [3.8, 4) is 0 Å². The highest BCUT2D eigenvalue weighted by atomic mass is 16.4. The fraction of sp³-hybridized carbons (Fsp3) is 0.727. The lowest BCUT2D eigenvalue weighted by atomic mass is 9.46. The van der Waals surface area contributed by atoms with Crippen LogP contribution in [0.3, 0.4) is 0 Å². The second-order valence-electron chi connectivity index (χ2n) is 9.53. The molecule has 0 aromatic rings. The van der Waals surface area contributed by atoms with E-state index in [-0.39, 0.29) is 22.5 Å². The van der Waals surface area contributed by atoms with Gasteiger partial charge in [-0.25, -0.2) is 0 Å². The zero-order valence-corrected chi connectivity index (χ0v) is 15.9. The maximum Gasteiger partial charge on any atom is 0.306 e. The third-order valence-electron chi connectivity index (χ3n) is 8.73. The highest BCUT2D eigenvalue weighted by molar-refractivity contribution is 6.01.